The van der Waals surface area contributed by atoms with E-state index in [1.807, 2.05) is 6.07 Å². The number of hydrogen-bond acceptors (Lipinski definition) is 8. The lowest BCUT2D eigenvalue weighted by molar-refractivity contribution is 0.0987. The summed E-state index contributed by atoms with van der Waals surface area (Å²) in [5.41, 5.74) is 3.58. The molecular weight excluding hydrogens is 432 g/mol. The first-order valence-electron chi connectivity index (χ1n) is 9.49. The minimum absolute atomic E-state index is 0.250. The summed E-state index contributed by atoms with van der Waals surface area (Å²) < 4.78 is 7.21. The zero-order chi connectivity index (χ0) is 22.2. The van der Waals surface area contributed by atoms with Crippen LogP contribution in [0.3, 0.4) is 0 Å². The van der Waals surface area contributed by atoms with Crippen LogP contribution in [0, 0.1) is 6.92 Å². The summed E-state index contributed by atoms with van der Waals surface area (Å²) in [6, 6.07) is 7.00. The number of hydrogen-bond donors (Lipinski definition) is 0. The van der Waals surface area contributed by atoms with Gasteiger partial charge in [-0.3, -0.25) is 14.2 Å². The van der Waals surface area contributed by atoms with Crippen LogP contribution in [0.1, 0.15) is 16.4 Å². The number of aromatic nitrogens is 7. The maximum absolute atomic E-state index is 13.0. The normalized spacial score (nSPS) is 11.1. The molecule has 0 saturated carbocycles. The van der Waals surface area contributed by atoms with E-state index >= 15 is 0 Å². The van der Waals surface area contributed by atoms with E-state index in [0.29, 0.717) is 34.0 Å². The molecule has 32 heavy (non-hydrogen) atoms. The summed E-state index contributed by atoms with van der Waals surface area (Å²) in [7, 11) is 1.65. The van der Waals surface area contributed by atoms with Crippen LogP contribution in [-0.4, -0.2) is 47.5 Å². The number of carbonyl (C=O) groups is 1. The Hall–Kier alpha value is -4.18. The highest BCUT2D eigenvalue weighted by Crippen LogP contribution is 2.24. The lowest BCUT2D eigenvalue weighted by atomic mass is 10.2. The van der Waals surface area contributed by atoms with Gasteiger partial charge in [0, 0.05) is 31.9 Å². The topological polar surface area (TPSA) is 115 Å². The largest absolute Gasteiger partial charge is 0.420 e. The van der Waals surface area contributed by atoms with E-state index in [2.05, 4.69) is 30.1 Å². The summed E-state index contributed by atoms with van der Waals surface area (Å²) >= 11 is 5.83. The predicted octanol–water partition coefficient (Wildman–Crippen LogP) is 3.47. The van der Waals surface area contributed by atoms with E-state index in [1.165, 1.54) is 11.1 Å². The molecule has 5 heterocycles. The summed E-state index contributed by atoms with van der Waals surface area (Å²) in [5.74, 6) is 0.525. The molecule has 5 rings (SSSR count). The Morgan fingerprint density at radius 2 is 1.88 bits per heavy atom. The number of anilines is 1. The van der Waals surface area contributed by atoms with Crippen LogP contribution in [0.5, 0.6) is 0 Å². The number of fused-ring (bicyclic) bond motifs is 1. The van der Waals surface area contributed by atoms with E-state index in [0.717, 1.165) is 11.3 Å². The molecular formula is C21H15ClN8O2. The average molecular weight is 447 g/mol. The Morgan fingerprint density at radius 3 is 2.56 bits per heavy atom. The number of pyridine rings is 2. The zero-order valence-corrected chi connectivity index (χ0v) is 17.7. The minimum Gasteiger partial charge on any atom is -0.420 e. The molecule has 11 heteroatoms. The van der Waals surface area contributed by atoms with Crippen molar-refractivity contribution >= 4 is 28.8 Å². The summed E-state index contributed by atoms with van der Waals surface area (Å²) in [5, 5.41) is 8.15. The first-order valence-corrected chi connectivity index (χ1v) is 9.87. The van der Waals surface area contributed by atoms with Gasteiger partial charge in [0.1, 0.15) is 16.5 Å². The molecule has 0 aliphatic rings. The van der Waals surface area contributed by atoms with Gasteiger partial charge in [-0.2, -0.15) is 0 Å². The van der Waals surface area contributed by atoms with Gasteiger partial charge in [-0.25, -0.2) is 15.0 Å². The highest BCUT2D eigenvalue weighted by molar-refractivity contribution is 6.29. The van der Waals surface area contributed by atoms with Gasteiger partial charge in [0.2, 0.25) is 5.89 Å². The van der Waals surface area contributed by atoms with Crippen molar-refractivity contribution in [1.29, 1.82) is 0 Å². The van der Waals surface area contributed by atoms with Gasteiger partial charge in [-0.15, -0.1) is 10.2 Å². The van der Waals surface area contributed by atoms with Crippen LogP contribution < -0.4 is 4.90 Å². The second-order valence-corrected chi connectivity index (χ2v) is 7.29. The SMILES string of the molecule is Cc1nnc(-c2ccc(-c3cnc4cnc(C(=O)N(C)c5ccc(Cl)nc5)cn34)cn2)o1. The number of imidazole rings is 1. The molecule has 5 aromatic rings. The predicted molar refractivity (Wildman–Crippen MR) is 116 cm³/mol. The van der Waals surface area contributed by atoms with E-state index in [9.17, 15) is 4.79 Å². The van der Waals surface area contributed by atoms with Gasteiger partial charge >= 0.3 is 0 Å². The molecule has 0 saturated heterocycles. The van der Waals surface area contributed by atoms with Crippen molar-refractivity contribution < 1.29 is 9.21 Å². The first-order chi connectivity index (χ1) is 15.5. The quantitative estimate of drug-likeness (QED) is 0.385. The molecule has 0 radical (unpaired) electrons. The Morgan fingerprint density at radius 1 is 1.00 bits per heavy atom. The van der Waals surface area contributed by atoms with Gasteiger partial charge < -0.3 is 9.32 Å². The molecule has 0 N–H and O–H groups in total. The number of carbonyl (C=O) groups excluding carboxylic acids is 1. The van der Waals surface area contributed by atoms with Crippen molar-refractivity contribution in [3.05, 3.63) is 72.0 Å². The maximum atomic E-state index is 13.0. The highest BCUT2D eigenvalue weighted by atomic mass is 35.5. The van der Waals surface area contributed by atoms with Crippen LogP contribution in [-0.2, 0) is 0 Å². The molecule has 10 nitrogen and oxygen atoms in total. The summed E-state index contributed by atoms with van der Waals surface area (Å²) in [4.78, 5) is 31.5. The molecule has 0 unspecified atom stereocenters. The Balaban J connectivity index is 1.47. The van der Waals surface area contributed by atoms with Crippen LogP contribution >= 0.6 is 11.6 Å². The van der Waals surface area contributed by atoms with Crippen molar-refractivity contribution in [2.24, 2.45) is 0 Å². The third kappa shape index (κ3) is 3.56. The molecule has 0 spiro atoms. The van der Waals surface area contributed by atoms with E-state index in [-0.39, 0.29) is 11.6 Å². The lowest BCUT2D eigenvalue weighted by Crippen LogP contribution is -2.27. The smallest absolute Gasteiger partial charge is 0.278 e. The fourth-order valence-electron chi connectivity index (χ4n) is 3.14. The van der Waals surface area contributed by atoms with Gasteiger partial charge in [-0.1, -0.05) is 11.6 Å². The van der Waals surface area contributed by atoms with Gasteiger partial charge in [0.25, 0.3) is 11.8 Å². The zero-order valence-electron chi connectivity index (χ0n) is 17.0. The third-order valence-electron chi connectivity index (χ3n) is 4.82. The maximum Gasteiger partial charge on any atom is 0.278 e. The van der Waals surface area contributed by atoms with Gasteiger partial charge in [0.15, 0.2) is 5.65 Å². The standard InChI is InChI=1S/C21H15ClN8O2/c1-12-27-28-20(32-12)15-5-3-13(7-23-15)17-9-26-19-10-24-16(11-30(17)19)21(31)29(2)14-4-6-18(22)25-8-14/h3-11H,1-2H3. The van der Waals surface area contributed by atoms with Gasteiger partial charge in [0.05, 0.1) is 30.0 Å². The molecule has 0 atom stereocenters. The number of rotatable bonds is 4. The fraction of sp³-hybridized carbons (Fsp3) is 0.0952. The molecule has 0 aromatic carbocycles. The highest BCUT2D eigenvalue weighted by Gasteiger charge is 2.18. The van der Waals surface area contributed by atoms with Crippen LogP contribution in [0.25, 0.3) is 28.5 Å². The second kappa shape index (κ2) is 7.82. The van der Waals surface area contributed by atoms with E-state index < -0.39 is 0 Å². The van der Waals surface area contributed by atoms with E-state index in [1.54, 1.807) is 61.4 Å². The third-order valence-corrected chi connectivity index (χ3v) is 5.05. The molecule has 0 bridgehead atoms. The first kappa shape index (κ1) is 19.8. The number of nitrogens with zero attached hydrogens (tertiary/aromatic N) is 8. The van der Waals surface area contributed by atoms with Crippen molar-refractivity contribution in [3.63, 3.8) is 0 Å². The molecule has 158 valence electrons. The molecule has 0 fully saturated rings. The Kier molecular flexibility index (Phi) is 4.83. The molecule has 5 aromatic heterocycles. The summed E-state index contributed by atoms with van der Waals surface area (Å²) in [6.45, 7) is 1.72. The van der Waals surface area contributed by atoms with Crippen molar-refractivity contribution in [2.45, 2.75) is 6.92 Å². The average Bonchev–Trinajstić information content (AvgIpc) is 3.44. The van der Waals surface area contributed by atoms with Crippen molar-refractivity contribution in [1.82, 2.24) is 34.5 Å². The molecule has 0 aliphatic heterocycles. The van der Waals surface area contributed by atoms with Crippen LogP contribution in [0.15, 0.2) is 59.7 Å². The van der Waals surface area contributed by atoms with Crippen molar-refractivity contribution in [2.75, 3.05) is 11.9 Å². The summed E-state index contributed by atoms with van der Waals surface area (Å²) in [6.07, 6.45) is 8.11. The number of amides is 1. The number of aryl methyl sites for hydroxylation is 1. The number of halogens is 1. The van der Waals surface area contributed by atoms with Crippen LogP contribution in [0.4, 0.5) is 5.69 Å². The molecule has 0 aliphatic carbocycles. The van der Waals surface area contributed by atoms with Crippen LogP contribution in [0.2, 0.25) is 5.15 Å². The minimum atomic E-state index is -0.295. The monoisotopic (exact) mass is 446 g/mol. The Labute approximate surface area is 186 Å². The Bertz CT molecular complexity index is 1430. The molecule has 1 amide bonds. The second-order valence-electron chi connectivity index (χ2n) is 6.91. The lowest BCUT2D eigenvalue weighted by Gasteiger charge is -2.16. The fourth-order valence-corrected chi connectivity index (χ4v) is 3.25. The van der Waals surface area contributed by atoms with Gasteiger partial charge in [-0.05, 0) is 24.3 Å². The van der Waals surface area contributed by atoms with E-state index in [4.69, 9.17) is 16.0 Å². The van der Waals surface area contributed by atoms with Crippen molar-refractivity contribution in [3.8, 4) is 22.8 Å².